The van der Waals surface area contributed by atoms with Crippen LogP contribution in [0.2, 0.25) is 0 Å². The van der Waals surface area contributed by atoms with E-state index >= 15 is 0 Å². The molecular weight excluding hydrogens is 294 g/mol. The van der Waals surface area contributed by atoms with Gasteiger partial charge < -0.3 is 15.4 Å². The Balaban J connectivity index is 1.87. The molecule has 1 aromatic carbocycles. The number of pyridine rings is 1. The standard InChI is InChI=1S/C16H17N5O2/c1-23-9-8-17-11-4-2-5-12(10-11)19-15-13-6-3-7-18-14(13)20-16(22)21-15/h2-7,10,17H,8-9H2,1H3,(H2,18,19,20,21,22). The zero-order chi connectivity index (χ0) is 16.1. The molecule has 0 saturated heterocycles. The molecule has 0 spiro atoms. The fourth-order valence-electron chi connectivity index (χ4n) is 2.23. The van der Waals surface area contributed by atoms with Crippen LogP contribution in [-0.4, -0.2) is 35.2 Å². The van der Waals surface area contributed by atoms with Crippen LogP contribution in [0.4, 0.5) is 17.2 Å². The predicted octanol–water partition coefficient (Wildman–Crippen LogP) is 2.12. The normalized spacial score (nSPS) is 10.7. The zero-order valence-corrected chi connectivity index (χ0v) is 12.7. The van der Waals surface area contributed by atoms with Crippen molar-refractivity contribution in [2.24, 2.45) is 0 Å². The van der Waals surface area contributed by atoms with Gasteiger partial charge in [0, 0.05) is 31.2 Å². The smallest absolute Gasteiger partial charge is 0.348 e. The molecule has 2 heterocycles. The van der Waals surface area contributed by atoms with Gasteiger partial charge in [0.15, 0.2) is 5.65 Å². The van der Waals surface area contributed by atoms with E-state index in [-0.39, 0.29) is 0 Å². The number of anilines is 3. The summed E-state index contributed by atoms with van der Waals surface area (Å²) in [6.45, 7) is 1.35. The third-order valence-electron chi connectivity index (χ3n) is 3.26. The van der Waals surface area contributed by atoms with E-state index in [1.165, 1.54) is 0 Å². The highest BCUT2D eigenvalue weighted by molar-refractivity contribution is 5.88. The van der Waals surface area contributed by atoms with Crippen molar-refractivity contribution in [1.82, 2.24) is 15.0 Å². The number of benzene rings is 1. The first kappa shape index (κ1) is 15.0. The molecule has 3 aromatic rings. The summed E-state index contributed by atoms with van der Waals surface area (Å²) in [6.07, 6.45) is 1.61. The van der Waals surface area contributed by atoms with Gasteiger partial charge in [0.05, 0.1) is 12.0 Å². The number of hydrogen-bond donors (Lipinski definition) is 3. The van der Waals surface area contributed by atoms with E-state index < -0.39 is 5.69 Å². The van der Waals surface area contributed by atoms with Gasteiger partial charge in [-0.1, -0.05) is 6.07 Å². The topological polar surface area (TPSA) is 91.9 Å². The summed E-state index contributed by atoms with van der Waals surface area (Å²) in [5.41, 5.74) is 1.78. The fourth-order valence-corrected chi connectivity index (χ4v) is 2.23. The van der Waals surface area contributed by atoms with E-state index in [0.29, 0.717) is 18.1 Å². The number of hydrogen-bond acceptors (Lipinski definition) is 6. The number of methoxy groups -OCH3 is 1. The third-order valence-corrected chi connectivity index (χ3v) is 3.26. The molecule has 7 nitrogen and oxygen atoms in total. The largest absolute Gasteiger partial charge is 0.383 e. The first-order valence-electron chi connectivity index (χ1n) is 7.21. The van der Waals surface area contributed by atoms with Crippen LogP contribution in [0.15, 0.2) is 47.4 Å². The first-order valence-corrected chi connectivity index (χ1v) is 7.21. The average molecular weight is 311 g/mol. The number of rotatable bonds is 6. The third kappa shape index (κ3) is 3.64. The van der Waals surface area contributed by atoms with Crippen molar-refractivity contribution in [3.8, 4) is 0 Å². The summed E-state index contributed by atoms with van der Waals surface area (Å²) in [4.78, 5) is 22.3. The Labute approximate surface area is 132 Å². The molecular formula is C16H17N5O2. The van der Waals surface area contributed by atoms with Crippen LogP contribution < -0.4 is 16.3 Å². The predicted molar refractivity (Wildman–Crippen MR) is 90.2 cm³/mol. The van der Waals surface area contributed by atoms with Gasteiger partial charge in [-0.2, -0.15) is 4.98 Å². The molecule has 0 atom stereocenters. The molecule has 23 heavy (non-hydrogen) atoms. The second kappa shape index (κ2) is 6.89. The van der Waals surface area contributed by atoms with Gasteiger partial charge >= 0.3 is 5.69 Å². The fraction of sp³-hybridized carbons (Fsp3) is 0.188. The maximum atomic E-state index is 11.7. The number of fused-ring (bicyclic) bond motifs is 1. The zero-order valence-electron chi connectivity index (χ0n) is 12.7. The molecule has 0 fully saturated rings. The SMILES string of the molecule is COCCNc1cccc(Nc2[nH]c(=O)nc3ncccc23)c1. The number of nitrogens with one attached hydrogen (secondary N) is 3. The lowest BCUT2D eigenvalue weighted by Gasteiger charge is -2.11. The number of ether oxygens (including phenoxy) is 1. The Hall–Kier alpha value is -2.93. The molecule has 0 unspecified atom stereocenters. The average Bonchev–Trinajstić information content (AvgIpc) is 2.55. The Bertz CT molecular complexity index is 862. The van der Waals surface area contributed by atoms with Gasteiger partial charge in [-0.3, -0.25) is 4.98 Å². The molecule has 0 aliphatic rings. The van der Waals surface area contributed by atoms with Crippen molar-refractivity contribution in [2.45, 2.75) is 0 Å². The molecule has 0 aliphatic heterocycles. The molecule has 0 radical (unpaired) electrons. The van der Waals surface area contributed by atoms with Crippen molar-refractivity contribution < 1.29 is 4.74 Å². The summed E-state index contributed by atoms with van der Waals surface area (Å²) in [5.74, 6) is 0.571. The number of nitrogens with zero attached hydrogens (tertiary/aromatic N) is 2. The quantitative estimate of drug-likeness (QED) is 0.604. The minimum atomic E-state index is -0.437. The molecule has 3 rings (SSSR count). The van der Waals surface area contributed by atoms with E-state index in [0.717, 1.165) is 23.3 Å². The van der Waals surface area contributed by atoms with E-state index in [1.807, 2.05) is 30.3 Å². The molecule has 0 amide bonds. The molecule has 7 heteroatoms. The van der Waals surface area contributed by atoms with Gasteiger partial charge in [-0.05, 0) is 30.3 Å². The summed E-state index contributed by atoms with van der Waals surface area (Å²) < 4.78 is 5.02. The van der Waals surface area contributed by atoms with Gasteiger partial charge in [0.2, 0.25) is 0 Å². The van der Waals surface area contributed by atoms with Crippen LogP contribution in [-0.2, 0) is 4.74 Å². The van der Waals surface area contributed by atoms with E-state index in [4.69, 9.17) is 4.74 Å². The van der Waals surface area contributed by atoms with Crippen LogP contribution in [0.1, 0.15) is 0 Å². The Morgan fingerprint density at radius 1 is 1.22 bits per heavy atom. The van der Waals surface area contributed by atoms with E-state index in [9.17, 15) is 4.79 Å². The van der Waals surface area contributed by atoms with Gasteiger partial charge in [0.1, 0.15) is 5.82 Å². The first-order chi connectivity index (χ1) is 11.3. The summed E-state index contributed by atoms with van der Waals surface area (Å²) in [5, 5.41) is 7.22. The number of H-pyrrole nitrogens is 1. The van der Waals surface area contributed by atoms with Crippen molar-refractivity contribution in [3.05, 3.63) is 53.1 Å². The minimum absolute atomic E-state index is 0.410. The molecule has 0 aliphatic carbocycles. The summed E-state index contributed by atoms with van der Waals surface area (Å²) >= 11 is 0. The van der Waals surface area contributed by atoms with Crippen LogP contribution in [0.5, 0.6) is 0 Å². The Kier molecular flexibility index (Phi) is 4.49. The summed E-state index contributed by atoms with van der Waals surface area (Å²) in [7, 11) is 1.67. The second-order valence-corrected chi connectivity index (χ2v) is 4.92. The van der Waals surface area contributed by atoms with E-state index in [1.54, 1.807) is 19.4 Å². The monoisotopic (exact) mass is 311 g/mol. The highest BCUT2D eigenvalue weighted by Gasteiger charge is 2.06. The van der Waals surface area contributed by atoms with Crippen molar-refractivity contribution in [3.63, 3.8) is 0 Å². The van der Waals surface area contributed by atoms with Crippen molar-refractivity contribution in [1.29, 1.82) is 0 Å². The number of aromatic nitrogens is 3. The van der Waals surface area contributed by atoms with E-state index in [2.05, 4.69) is 25.6 Å². The van der Waals surface area contributed by atoms with Crippen LogP contribution >= 0.6 is 0 Å². The van der Waals surface area contributed by atoms with Gasteiger partial charge in [-0.25, -0.2) is 9.78 Å². The maximum absolute atomic E-state index is 11.7. The lowest BCUT2D eigenvalue weighted by Crippen LogP contribution is -2.13. The van der Waals surface area contributed by atoms with Crippen LogP contribution in [0.25, 0.3) is 11.0 Å². The summed E-state index contributed by atoms with van der Waals surface area (Å²) in [6, 6.07) is 11.4. The molecule has 118 valence electrons. The maximum Gasteiger partial charge on any atom is 0.348 e. The molecule has 3 N–H and O–H groups in total. The van der Waals surface area contributed by atoms with Crippen LogP contribution in [0, 0.1) is 0 Å². The number of aromatic amines is 1. The Morgan fingerprint density at radius 3 is 2.96 bits per heavy atom. The van der Waals surface area contributed by atoms with Gasteiger partial charge in [0.25, 0.3) is 0 Å². The highest BCUT2D eigenvalue weighted by atomic mass is 16.5. The van der Waals surface area contributed by atoms with Crippen molar-refractivity contribution in [2.75, 3.05) is 30.9 Å². The molecule has 0 bridgehead atoms. The highest BCUT2D eigenvalue weighted by Crippen LogP contribution is 2.22. The lowest BCUT2D eigenvalue weighted by atomic mass is 10.2. The van der Waals surface area contributed by atoms with Crippen molar-refractivity contribution >= 4 is 28.2 Å². The molecule has 2 aromatic heterocycles. The minimum Gasteiger partial charge on any atom is -0.383 e. The lowest BCUT2D eigenvalue weighted by molar-refractivity contribution is 0.211. The molecule has 0 saturated carbocycles. The van der Waals surface area contributed by atoms with Gasteiger partial charge in [-0.15, -0.1) is 0 Å². The Morgan fingerprint density at radius 2 is 2.09 bits per heavy atom. The van der Waals surface area contributed by atoms with Crippen LogP contribution in [0.3, 0.4) is 0 Å². The second-order valence-electron chi connectivity index (χ2n) is 4.92.